The Labute approximate surface area is 134 Å². The van der Waals surface area contributed by atoms with Crippen LogP contribution in [0.15, 0.2) is 42.7 Å². The molecule has 1 aliphatic rings. The van der Waals surface area contributed by atoms with Gasteiger partial charge in [-0.3, -0.25) is 9.78 Å². The summed E-state index contributed by atoms with van der Waals surface area (Å²) >= 11 is 0. The summed E-state index contributed by atoms with van der Waals surface area (Å²) < 4.78 is 13.5. The van der Waals surface area contributed by atoms with Crippen LogP contribution in [0.1, 0.15) is 29.2 Å². The molecule has 1 aromatic heterocycles. The number of carbonyl (C=O) groups is 1. The van der Waals surface area contributed by atoms with E-state index in [4.69, 9.17) is 0 Å². The van der Waals surface area contributed by atoms with Gasteiger partial charge in [0.1, 0.15) is 5.82 Å². The predicted molar refractivity (Wildman–Crippen MR) is 84.2 cm³/mol. The average Bonchev–Trinajstić information content (AvgIpc) is 2.92. The molecule has 0 unspecified atom stereocenters. The largest absolute Gasteiger partial charge is 0.391 e. The lowest BCUT2D eigenvalue weighted by Gasteiger charge is -2.25. The molecule has 1 amide bonds. The highest BCUT2D eigenvalue weighted by Crippen LogP contribution is 2.33. The molecule has 1 fully saturated rings. The van der Waals surface area contributed by atoms with Crippen LogP contribution < -0.4 is 0 Å². The molecule has 23 heavy (non-hydrogen) atoms. The van der Waals surface area contributed by atoms with Gasteiger partial charge in [0.2, 0.25) is 5.91 Å². The van der Waals surface area contributed by atoms with Crippen LogP contribution >= 0.6 is 0 Å². The van der Waals surface area contributed by atoms with E-state index in [0.717, 1.165) is 16.7 Å². The molecular formula is C18H19FN2O2. The number of rotatable bonds is 3. The number of aryl methyl sites for hydroxylation is 1. The summed E-state index contributed by atoms with van der Waals surface area (Å²) in [5.74, 6) is -0.397. The van der Waals surface area contributed by atoms with E-state index in [1.807, 2.05) is 13.0 Å². The zero-order valence-corrected chi connectivity index (χ0v) is 12.9. The Morgan fingerprint density at radius 2 is 2.26 bits per heavy atom. The van der Waals surface area contributed by atoms with Crippen LogP contribution in [0.2, 0.25) is 0 Å². The highest BCUT2D eigenvalue weighted by atomic mass is 19.1. The van der Waals surface area contributed by atoms with Crippen LogP contribution in [0.4, 0.5) is 4.39 Å². The SMILES string of the molecule is Cc1cnccc1CC(=O)N1C[C@@H](O)C[C@@H]1c1cccc(F)c1. The van der Waals surface area contributed by atoms with E-state index in [1.54, 1.807) is 29.4 Å². The first-order chi connectivity index (χ1) is 11.0. The third-order valence-electron chi connectivity index (χ3n) is 4.31. The third-order valence-corrected chi connectivity index (χ3v) is 4.31. The topological polar surface area (TPSA) is 53.4 Å². The summed E-state index contributed by atoms with van der Waals surface area (Å²) in [6.07, 6.45) is 3.51. The molecular weight excluding hydrogens is 295 g/mol. The average molecular weight is 314 g/mol. The van der Waals surface area contributed by atoms with E-state index in [-0.39, 0.29) is 30.7 Å². The van der Waals surface area contributed by atoms with Gasteiger partial charge in [0, 0.05) is 18.9 Å². The molecule has 4 nitrogen and oxygen atoms in total. The lowest BCUT2D eigenvalue weighted by Crippen LogP contribution is -2.33. The highest BCUT2D eigenvalue weighted by molar-refractivity contribution is 5.80. The Kier molecular flexibility index (Phi) is 4.39. The Balaban J connectivity index is 1.82. The molecule has 0 radical (unpaired) electrons. The molecule has 0 spiro atoms. The summed E-state index contributed by atoms with van der Waals surface area (Å²) in [5, 5.41) is 9.97. The maximum absolute atomic E-state index is 13.5. The van der Waals surface area contributed by atoms with Crippen molar-refractivity contribution in [2.75, 3.05) is 6.54 Å². The summed E-state index contributed by atoms with van der Waals surface area (Å²) in [6, 6.07) is 7.78. The van der Waals surface area contributed by atoms with Gasteiger partial charge in [0.15, 0.2) is 0 Å². The third kappa shape index (κ3) is 3.40. The number of pyridine rings is 1. The van der Waals surface area contributed by atoms with Gasteiger partial charge < -0.3 is 10.0 Å². The van der Waals surface area contributed by atoms with Crippen LogP contribution in [0, 0.1) is 12.7 Å². The minimum atomic E-state index is -0.578. The second kappa shape index (κ2) is 6.46. The van der Waals surface area contributed by atoms with Crippen molar-refractivity contribution < 1.29 is 14.3 Å². The summed E-state index contributed by atoms with van der Waals surface area (Å²) in [7, 11) is 0. The van der Waals surface area contributed by atoms with Crippen LogP contribution in [-0.2, 0) is 11.2 Å². The molecule has 2 heterocycles. The van der Waals surface area contributed by atoms with Gasteiger partial charge in [-0.25, -0.2) is 4.39 Å². The van der Waals surface area contributed by atoms with Crippen molar-refractivity contribution in [2.45, 2.75) is 31.9 Å². The molecule has 1 N–H and O–H groups in total. The standard InChI is InChI=1S/C18H19FN2O2/c1-12-10-20-6-5-13(12)8-18(23)21-11-16(22)9-17(21)14-3-2-4-15(19)7-14/h2-7,10,16-17,22H,8-9,11H2,1H3/t16-,17+/m0/s1. The van der Waals surface area contributed by atoms with Crippen LogP contribution in [0.5, 0.6) is 0 Å². The smallest absolute Gasteiger partial charge is 0.227 e. The normalized spacial score (nSPS) is 20.7. The number of aromatic nitrogens is 1. The van der Waals surface area contributed by atoms with Gasteiger partial charge in [-0.2, -0.15) is 0 Å². The van der Waals surface area contributed by atoms with E-state index in [9.17, 15) is 14.3 Å². The van der Waals surface area contributed by atoms with E-state index in [1.165, 1.54) is 12.1 Å². The zero-order valence-electron chi connectivity index (χ0n) is 12.9. The van der Waals surface area contributed by atoms with Gasteiger partial charge in [0.25, 0.3) is 0 Å². The number of halogens is 1. The van der Waals surface area contributed by atoms with Gasteiger partial charge >= 0.3 is 0 Å². The number of aliphatic hydroxyl groups excluding tert-OH is 1. The summed E-state index contributed by atoms with van der Waals surface area (Å²) in [5.41, 5.74) is 2.61. The van der Waals surface area contributed by atoms with Crippen molar-refractivity contribution in [1.29, 1.82) is 0 Å². The van der Waals surface area contributed by atoms with Crippen molar-refractivity contribution in [2.24, 2.45) is 0 Å². The predicted octanol–water partition coefficient (Wildman–Crippen LogP) is 2.41. The summed E-state index contributed by atoms with van der Waals surface area (Å²) in [6.45, 7) is 2.20. The van der Waals surface area contributed by atoms with Crippen LogP contribution in [0.3, 0.4) is 0 Å². The number of likely N-dealkylation sites (tertiary alicyclic amines) is 1. The molecule has 5 heteroatoms. The van der Waals surface area contributed by atoms with Crippen molar-refractivity contribution in [3.63, 3.8) is 0 Å². The number of β-amino-alcohol motifs (C(OH)–C–C–N with tert-alkyl or cyclic N) is 1. The van der Waals surface area contributed by atoms with Crippen LogP contribution in [0.25, 0.3) is 0 Å². The molecule has 3 rings (SSSR count). The fraction of sp³-hybridized carbons (Fsp3) is 0.333. The second-order valence-electron chi connectivity index (χ2n) is 5.99. The maximum atomic E-state index is 13.5. The van der Waals surface area contributed by atoms with E-state index >= 15 is 0 Å². The number of nitrogens with zero attached hydrogens (tertiary/aromatic N) is 2. The lowest BCUT2D eigenvalue weighted by atomic mass is 10.0. The van der Waals surface area contributed by atoms with Crippen molar-refractivity contribution in [3.05, 3.63) is 65.2 Å². The molecule has 1 saturated heterocycles. The lowest BCUT2D eigenvalue weighted by molar-refractivity contribution is -0.131. The minimum Gasteiger partial charge on any atom is -0.391 e. The molecule has 2 atom stereocenters. The quantitative estimate of drug-likeness (QED) is 0.946. The molecule has 120 valence electrons. The first-order valence-corrected chi connectivity index (χ1v) is 7.67. The fourth-order valence-electron chi connectivity index (χ4n) is 3.08. The Hall–Kier alpha value is -2.27. The summed E-state index contributed by atoms with van der Waals surface area (Å²) in [4.78, 5) is 18.4. The minimum absolute atomic E-state index is 0.0647. The van der Waals surface area contributed by atoms with E-state index in [2.05, 4.69) is 4.98 Å². The number of hydrogen-bond acceptors (Lipinski definition) is 3. The van der Waals surface area contributed by atoms with Crippen LogP contribution in [-0.4, -0.2) is 33.5 Å². The second-order valence-corrected chi connectivity index (χ2v) is 5.99. The van der Waals surface area contributed by atoms with Crippen molar-refractivity contribution in [1.82, 2.24) is 9.88 Å². The zero-order chi connectivity index (χ0) is 16.4. The molecule has 2 aromatic rings. The molecule has 1 aliphatic heterocycles. The van der Waals surface area contributed by atoms with Crippen molar-refractivity contribution in [3.8, 4) is 0 Å². The first kappa shape index (κ1) is 15.6. The Bertz CT molecular complexity index is 720. The number of aliphatic hydroxyl groups is 1. The number of carbonyl (C=O) groups excluding carboxylic acids is 1. The number of hydrogen-bond donors (Lipinski definition) is 1. The maximum Gasteiger partial charge on any atom is 0.227 e. The van der Waals surface area contributed by atoms with Crippen molar-refractivity contribution >= 4 is 5.91 Å². The fourth-order valence-corrected chi connectivity index (χ4v) is 3.08. The molecule has 0 saturated carbocycles. The van der Waals surface area contributed by atoms with Gasteiger partial charge in [-0.1, -0.05) is 12.1 Å². The van der Waals surface area contributed by atoms with E-state index in [0.29, 0.717) is 6.42 Å². The Morgan fingerprint density at radius 1 is 1.43 bits per heavy atom. The first-order valence-electron chi connectivity index (χ1n) is 7.67. The number of amides is 1. The molecule has 1 aromatic carbocycles. The van der Waals surface area contributed by atoms with Gasteiger partial charge in [0.05, 0.1) is 18.6 Å². The van der Waals surface area contributed by atoms with Gasteiger partial charge in [-0.15, -0.1) is 0 Å². The van der Waals surface area contributed by atoms with Gasteiger partial charge in [-0.05, 0) is 48.2 Å². The molecule has 0 aliphatic carbocycles. The Morgan fingerprint density at radius 3 is 3.00 bits per heavy atom. The highest BCUT2D eigenvalue weighted by Gasteiger charge is 2.35. The molecule has 0 bridgehead atoms. The number of benzene rings is 1. The monoisotopic (exact) mass is 314 g/mol. The van der Waals surface area contributed by atoms with E-state index < -0.39 is 6.10 Å².